The van der Waals surface area contributed by atoms with Gasteiger partial charge in [-0.05, 0) is 36.4 Å². The average Bonchev–Trinajstić information content (AvgIpc) is 3.07. The number of carboxylic acid groups (broad SMARTS) is 1. The maximum absolute atomic E-state index is 13.4. The summed E-state index contributed by atoms with van der Waals surface area (Å²) in [5.74, 6) is -1.12. The first kappa shape index (κ1) is 17.2. The van der Waals surface area contributed by atoms with E-state index in [0.717, 1.165) is 10.0 Å². The minimum absolute atomic E-state index is 0.0412. The van der Waals surface area contributed by atoms with Crippen molar-refractivity contribution >= 4 is 38.8 Å². The van der Waals surface area contributed by atoms with E-state index in [1.54, 1.807) is 18.2 Å². The Labute approximate surface area is 163 Å². The summed E-state index contributed by atoms with van der Waals surface area (Å²) in [4.78, 5) is 29.6. The van der Waals surface area contributed by atoms with Crippen LogP contribution >= 0.6 is 15.9 Å². The molecule has 132 valence electrons. The van der Waals surface area contributed by atoms with Gasteiger partial charge in [0.25, 0.3) is 5.91 Å². The quantitative estimate of drug-likeness (QED) is 0.513. The molecule has 0 atom stereocenters. The van der Waals surface area contributed by atoms with Gasteiger partial charge in [-0.1, -0.05) is 52.3 Å². The van der Waals surface area contributed by atoms with Gasteiger partial charge in [-0.15, -0.1) is 0 Å². The molecule has 0 radical (unpaired) electrons. The number of halogens is 1. The number of rotatable bonds is 3. The van der Waals surface area contributed by atoms with Gasteiger partial charge in [-0.3, -0.25) is 9.36 Å². The number of carbonyl (C=O) groups excluding carboxylic acids is 1. The van der Waals surface area contributed by atoms with Gasteiger partial charge in [0.1, 0.15) is 5.82 Å². The SMILES string of the molecule is O=C(O)c1ccccc1C(=O)n1c(-c2cccc(Br)c2)nc2ccccc21. The van der Waals surface area contributed by atoms with E-state index >= 15 is 0 Å². The van der Waals surface area contributed by atoms with Crippen molar-refractivity contribution in [3.05, 3.63) is 88.4 Å². The van der Waals surface area contributed by atoms with Crippen molar-refractivity contribution in [2.75, 3.05) is 0 Å². The Morgan fingerprint density at radius 1 is 0.889 bits per heavy atom. The fraction of sp³-hybridized carbons (Fsp3) is 0. The molecular formula is C21H13BrN2O3. The molecule has 5 nitrogen and oxygen atoms in total. The van der Waals surface area contributed by atoms with Gasteiger partial charge in [-0.2, -0.15) is 0 Å². The summed E-state index contributed by atoms with van der Waals surface area (Å²) in [5, 5.41) is 9.46. The Hall–Kier alpha value is -3.25. The Morgan fingerprint density at radius 2 is 1.59 bits per heavy atom. The summed E-state index contributed by atoms with van der Waals surface area (Å²) in [6, 6.07) is 21.0. The number of aromatic carboxylic acids is 1. The third-order valence-corrected chi connectivity index (χ3v) is 4.73. The Kier molecular flexibility index (Phi) is 4.33. The first-order valence-corrected chi connectivity index (χ1v) is 8.96. The second kappa shape index (κ2) is 6.81. The number of nitrogens with zero attached hydrogens (tertiary/aromatic N) is 2. The van der Waals surface area contributed by atoms with Crippen LogP contribution in [-0.4, -0.2) is 26.5 Å². The molecule has 3 aromatic carbocycles. The second-order valence-corrected chi connectivity index (χ2v) is 6.84. The molecule has 0 amide bonds. The van der Waals surface area contributed by atoms with Crippen LogP contribution in [0.2, 0.25) is 0 Å². The predicted molar refractivity (Wildman–Crippen MR) is 106 cm³/mol. The molecule has 4 aromatic rings. The van der Waals surface area contributed by atoms with Crippen LogP contribution in [0.4, 0.5) is 0 Å². The molecule has 0 aliphatic rings. The van der Waals surface area contributed by atoms with E-state index in [0.29, 0.717) is 16.9 Å². The van der Waals surface area contributed by atoms with E-state index in [9.17, 15) is 14.7 Å². The number of aromatic nitrogens is 2. The zero-order valence-electron chi connectivity index (χ0n) is 14.0. The lowest BCUT2D eigenvalue weighted by Gasteiger charge is -2.10. The highest BCUT2D eigenvalue weighted by atomic mass is 79.9. The van der Waals surface area contributed by atoms with Crippen LogP contribution in [0.1, 0.15) is 20.7 Å². The summed E-state index contributed by atoms with van der Waals surface area (Å²) in [6.07, 6.45) is 0. The molecule has 0 fully saturated rings. The lowest BCUT2D eigenvalue weighted by atomic mass is 10.1. The van der Waals surface area contributed by atoms with E-state index in [1.807, 2.05) is 42.5 Å². The molecule has 1 N–H and O–H groups in total. The summed E-state index contributed by atoms with van der Waals surface area (Å²) < 4.78 is 2.33. The molecule has 4 rings (SSSR count). The van der Waals surface area contributed by atoms with Crippen molar-refractivity contribution in [1.82, 2.24) is 9.55 Å². The summed E-state index contributed by atoms with van der Waals surface area (Å²) in [7, 11) is 0. The minimum atomic E-state index is -1.15. The molecule has 0 saturated carbocycles. The van der Waals surface area contributed by atoms with Crippen molar-refractivity contribution in [2.24, 2.45) is 0 Å². The summed E-state index contributed by atoms with van der Waals surface area (Å²) >= 11 is 3.44. The zero-order valence-corrected chi connectivity index (χ0v) is 15.6. The molecule has 0 spiro atoms. The highest BCUT2D eigenvalue weighted by Gasteiger charge is 2.23. The molecule has 1 aromatic heterocycles. The summed E-state index contributed by atoms with van der Waals surface area (Å²) in [5.41, 5.74) is 2.11. The molecular weight excluding hydrogens is 408 g/mol. The number of carboxylic acids is 1. The van der Waals surface area contributed by atoms with Gasteiger partial charge in [0.2, 0.25) is 0 Å². The van der Waals surface area contributed by atoms with Crippen LogP contribution in [0.3, 0.4) is 0 Å². The maximum Gasteiger partial charge on any atom is 0.336 e. The summed E-state index contributed by atoms with van der Waals surface area (Å²) in [6.45, 7) is 0. The molecule has 0 saturated heterocycles. The van der Waals surface area contributed by atoms with Gasteiger partial charge in [0.05, 0.1) is 22.2 Å². The third kappa shape index (κ3) is 3.04. The highest BCUT2D eigenvalue weighted by Crippen LogP contribution is 2.28. The van der Waals surface area contributed by atoms with Crippen molar-refractivity contribution in [2.45, 2.75) is 0 Å². The Bertz CT molecular complexity index is 1200. The van der Waals surface area contributed by atoms with Gasteiger partial charge in [0, 0.05) is 10.0 Å². The number of fused-ring (bicyclic) bond motifs is 1. The van der Waals surface area contributed by atoms with E-state index in [4.69, 9.17) is 0 Å². The number of benzene rings is 3. The predicted octanol–water partition coefficient (Wildman–Crippen LogP) is 4.85. The standard InChI is InChI=1S/C21H13BrN2O3/c22-14-7-5-6-13(12-14)19-23-17-10-3-4-11-18(17)24(19)20(25)15-8-1-2-9-16(15)21(26)27/h1-12H,(H,26,27). The lowest BCUT2D eigenvalue weighted by molar-refractivity contribution is 0.0691. The maximum atomic E-state index is 13.4. The van der Waals surface area contributed by atoms with Crippen LogP contribution in [0, 0.1) is 0 Å². The third-order valence-electron chi connectivity index (χ3n) is 4.23. The van der Waals surface area contributed by atoms with E-state index in [1.165, 1.54) is 16.7 Å². The van der Waals surface area contributed by atoms with Crippen molar-refractivity contribution in [3.8, 4) is 11.4 Å². The smallest absolute Gasteiger partial charge is 0.336 e. The van der Waals surface area contributed by atoms with E-state index in [2.05, 4.69) is 20.9 Å². The number of hydrogen-bond donors (Lipinski definition) is 1. The van der Waals surface area contributed by atoms with Crippen LogP contribution < -0.4 is 0 Å². The van der Waals surface area contributed by atoms with Crippen molar-refractivity contribution in [1.29, 1.82) is 0 Å². The van der Waals surface area contributed by atoms with Gasteiger partial charge < -0.3 is 5.11 Å². The second-order valence-electron chi connectivity index (χ2n) is 5.93. The number of imidazole rings is 1. The topological polar surface area (TPSA) is 72.2 Å². The van der Waals surface area contributed by atoms with Crippen LogP contribution in [0.25, 0.3) is 22.4 Å². The van der Waals surface area contributed by atoms with Gasteiger partial charge in [0.15, 0.2) is 0 Å². The molecule has 0 aliphatic heterocycles. The normalized spacial score (nSPS) is 10.9. The largest absolute Gasteiger partial charge is 0.478 e. The first-order chi connectivity index (χ1) is 13.1. The van der Waals surface area contributed by atoms with Crippen LogP contribution in [0.15, 0.2) is 77.3 Å². The molecule has 1 heterocycles. The van der Waals surface area contributed by atoms with Gasteiger partial charge >= 0.3 is 5.97 Å². The van der Waals surface area contributed by atoms with Crippen molar-refractivity contribution < 1.29 is 14.7 Å². The van der Waals surface area contributed by atoms with Crippen LogP contribution in [0.5, 0.6) is 0 Å². The van der Waals surface area contributed by atoms with E-state index in [-0.39, 0.29) is 11.1 Å². The molecule has 6 heteroatoms. The highest BCUT2D eigenvalue weighted by molar-refractivity contribution is 9.10. The Morgan fingerprint density at radius 3 is 2.33 bits per heavy atom. The van der Waals surface area contributed by atoms with Gasteiger partial charge in [-0.25, -0.2) is 9.78 Å². The fourth-order valence-electron chi connectivity index (χ4n) is 3.03. The number of para-hydroxylation sites is 2. The Balaban J connectivity index is 2.00. The molecule has 0 aliphatic carbocycles. The first-order valence-electron chi connectivity index (χ1n) is 8.16. The number of carbonyl (C=O) groups is 2. The monoisotopic (exact) mass is 420 g/mol. The fourth-order valence-corrected chi connectivity index (χ4v) is 3.43. The van der Waals surface area contributed by atoms with Crippen molar-refractivity contribution in [3.63, 3.8) is 0 Å². The minimum Gasteiger partial charge on any atom is -0.478 e. The molecule has 0 unspecified atom stereocenters. The molecule has 0 bridgehead atoms. The van der Waals surface area contributed by atoms with E-state index < -0.39 is 11.9 Å². The molecule has 27 heavy (non-hydrogen) atoms. The lowest BCUT2D eigenvalue weighted by Crippen LogP contribution is -2.17. The number of hydrogen-bond acceptors (Lipinski definition) is 3. The average molecular weight is 421 g/mol. The van der Waals surface area contributed by atoms with Crippen LogP contribution in [-0.2, 0) is 0 Å². The zero-order chi connectivity index (χ0) is 19.0.